The molecule has 1 saturated carbocycles. The van der Waals surface area contributed by atoms with Gasteiger partial charge in [-0.15, -0.1) is 5.10 Å². The predicted octanol–water partition coefficient (Wildman–Crippen LogP) is 1.42. The summed E-state index contributed by atoms with van der Waals surface area (Å²) in [6.45, 7) is 1.53. The number of anilines is 1. The van der Waals surface area contributed by atoms with Crippen molar-refractivity contribution >= 4 is 43.8 Å². The Morgan fingerprint density at radius 3 is 2.58 bits per heavy atom. The molecule has 1 aliphatic rings. The number of aryl methyl sites for hydroxylation is 1. The smallest absolute Gasteiger partial charge is 0.340 e. The van der Waals surface area contributed by atoms with Crippen LogP contribution in [0.2, 0.25) is 5.02 Å². The van der Waals surface area contributed by atoms with Crippen LogP contribution in [0.5, 0.6) is 0 Å². The van der Waals surface area contributed by atoms with Crippen LogP contribution in [0, 0.1) is 12.8 Å². The molecule has 0 amide bonds. The molecule has 0 aliphatic heterocycles. The number of fused-ring (bicyclic) bond motifs is 1. The SMILES string of the molecule is Cc1nc(NCc2ccccc2Cl)c2nnn([C@@H]3C[C@H](COP(=O)(O)CP(=O)(O)O)[C@@H](O)[C@H]3O)c2n1. The fourth-order valence-electron chi connectivity index (χ4n) is 4.10. The average Bonchev–Trinajstić information content (AvgIpc) is 3.31. The van der Waals surface area contributed by atoms with Gasteiger partial charge in [-0.3, -0.25) is 9.13 Å². The number of halogens is 1. The van der Waals surface area contributed by atoms with Crippen LogP contribution in [0.4, 0.5) is 5.82 Å². The minimum absolute atomic E-state index is 0.0716. The van der Waals surface area contributed by atoms with Gasteiger partial charge < -0.3 is 34.7 Å². The van der Waals surface area contributed by atoms with E-state index in [0.29, 0.717) is 34.4 Å². The number of rotatable bonds is 9. The van der Waals surface area contributed by atoms with E-state index < -0.39 is 51.9 Å². The monoisotopic (exact) mass is 562 g/mol. The summed E-state index contributed by atoms with van der Waals surface area (Å²) in [5.41, 5.74) is 1.47. The van der Waals surface area contributed by atoms with E-state index >= 15 is 0 Å². The Kier molecular flexibility index (Phi) is 7.82. The third-order valence-corrected chi connectivity index (χ3v) is 9.60. The summed E-state index contributed by atoms with van der Waals surface area (Å²) in [4.78, 5) is 36.3. The number of hydrogen-bond donors (Lipinski definition) is 6. The molecule has 1 fully saturated rings. The summed E-state index contributed by atoms with van der Waals surface area (Å²) in [5, 5.41) is 33.2. The van der Waals surface area contributed by atoms with Crippen molar-refractivity contribution < 1.29 is 38.5 Å². The molecule has 1 unspecified atom stereocenters. The second-order valence-corrected chi connectivity index (χ2v) is 13.0. The molecular weight excluding hydrogens is 538 g/mol. The number of nitrogens with one attached hydrogen (secondary N) is 1. The van der Waals surface area contributed by atoms with Gasteiger partial charge >= 0.3 is 15.2 Å². The lowest BCUT2D eigenvalue weighted by Crippen LogP contribution is -2.31. The molecule has 0 radical (unpaired) electrons. The maximum absolute atomic E-state index is 12.0. The van der Waals surface area contributed by atoms with Crippen molar-refractivity contribution in [2.75, 3.05) is 17.8 Å². The predicted molar refractivity (Wildman–Crippen MR) is 128 cm³/mol. The van der Waals surface area contributed by atoms with Gasteiger partial charge in [0.2, 0.25) is 0 Å². The van der Waals surface area contributed by atoms with Crippen molar-refractivity contribution in [3.05, 3.63) is 40.7 Å². The van der Waals surface area contributed by atoms with Gasteiger partial charge in [-0.05, 0) is 25.0 Å². The first kappa shape index (κ1) is 27.1. The average molecular weight is 563 g/mol. The zero-order chi connectivity index (χ0) is 26.3. The third-order valence-electron chi connectivity index (χ3n) is 5.78. The zero-order valence-electron chi connectivity index (χ0n) is 18.9. The van der Waals surface area contributed by atoms with Gasteiger partial charge in [-0.25, -0.2) is 14.6 Å². The van der Waals surface area contributed by atoms with Gasteiger partial charge in [0.25, 0.3) is 0 Å². The normalized spacial score (nSPS) is 24.2. The van der Waals surface area contributed by atoms with Gasteiger partial charge in [0, 0.05) is 17.5 Å². The largest absolute Gasteiger partial charge is 0.390 e. The quantitative estimate of drug-likeness (QED) is 0.204. The molecule has 0 spiro atoms. The van der Waals surface area contributed by atoms with Crippen LogP contribution in [0.15, 0.2) is 24.3 Å². The Bertz CT molecular complexity index is 1350. The molecule has 6 N–H and O–H groups in total. The number of aromatic nitrogens is 5. The molecular formula is C19H25ClN6O8P2. The number of nitrogens with zero attached hydrogens (tertiary/aromatic N) is 5. The summed E-state index contributed by atoms with van der Waals surface area (Å²) in [6.07, 6.45) is -2.62. The lowest BCUT2D eigenvalue weighted by atomic mass is 10.1. The van der Waals surface area contributed by atoms with Crippen molar-refractivity contribution in [1.82, 2.24) is 25.0 Å². The summed E-state index contributed by atoms with van der Waals surface area (Å²) in [7, 11) is -9.40. The van der Waals surface area contributed by atoms with Crippen molar-refractivity contribution in [3.63, 3.8) is 0 Å². The van der Waals surface area contributed by atoms with Gasteiger partial charge in [0.15, 0.2) is 22.9 Å². The van der Waals surface area contributed by atoms with Gasteiger partial charge in [-0.1, -0.05) is 35.0 Å². The molecule has 1 aliphatic carbocycles. The molecule has 2 heterocycles. The molecule has 3 aromatic rings. The van der Waals surface area contributed by atoms with Crippen LogP contribution in [0.1, 0.15) is 23.9 Å². The first-order valence-electron chi connectivity index (χ1n) is 10.8. The zero-order valence-corrected chi connectivity index (χ0v) is 21.5. The van der Waals surface area contributed by atoms with Gasteiger partial charge in [-0.2, -0.15) is 0 Å². The minimum Gasteiger partial charge on any atom is -0.390 e. The molecule has 1 aromatic carbocycles. The maximum atomic E-state index is 12.0. The Morgan fingerprint density at radius 2 is 1.89 bits per heavy atom. The van der Waals surface area contributed by atoms with E-state index in [-0.39, 0.29) is 6.42 Å². The summed E-state index contributed by atoms with van der Waals surface area (Å²) < 4.78 is 29.2. The van der Waals surface area contributed by atoms with E-state index in [2.05, 4.69) is 25.6 Å². The Labute approximate surface area is 210 Å². The Balaban J connectivity index is 1.53. The lowest BCUT2D eigenvalue weighted by Gasteiger charge is -2.19. The fourth-order valence-corrected chi connectivity index (χ4v) is 6.91. The number of hydrogen-bond acceptors (Lipinski definition) is 10. The number of benzene rings is 1. The van der Waals surface area contributed by atoms with E-state index in [9.17, 15) is 24.2 Å². The second-order valence-electron chi connectivity index (χ2n) is 8.55. The summed E-state index contributed by atoms with van der Waals surface area (Å²) in [5.74, 6) is -1.36. The summed E-state index contributed by atoms with van der Waals surface area (Å²) in [6, 6.07) is 6.51. The molecule has 17 heteroatoms. The summed E-state index contributed by atoms with van der Waals surface area (Å²) >= 11 is 6.22. The topological polar surface area (TPSA) is 213 Å². The molecule has 0 saturated heterocycles. The van der Waals surface area contributed by atoms with E-state index in [1.165, 1.54) is 4.68 Å². The van der Waals surface area contributed by atoms with E-state index in [1.54, 1.807) is 13.0 Å². The molecule has 4 rings (SSSR count). The van der Waals surface area contributed by atoms with E-state index in [1.807, 2.05) is 18.2 Å². The van der Waals surface area contributed by atoms with E-state index in [0.717, 1.165) is 5.56 Å². The minimum atomic E-state index is -4.79. The highest BCUT2D eigenvalue weighted by molar-refractivity contribution is 7.70. The number of aliphatic hydroxyl groups excluding tert-OH is 2. The van der Waals surface area contributed by atoms with Gasteiger partial charge in [0.05, 0.1) is 18.8 Å². The van der Waals surface area contributed by atoms with Crippen molar-refractivity contribution in [2.24, 2.45) is 5.92 Å². The first-order chi connectivity index (χ1) is 16.8. The van der Waals surface area contributed by atoms with E-state index in [4.69, 9.17) is 25.9 Å². The highest BCUT2D eigenvalue weighted by Crippen LogP contribution is 2.56. The molecule has 0 bridgehead atoms. The van der Waals surface area contributed by atoms with Crippen LogP contribution >= 0.6 is 26.8 Å². The molecule has 196 valence electrons. The lowest BCUT2D eigenvalue weighted by molar-refractivity contribution is -0.00362. The fraction of sp³-hybridized carbons (Fsp3) is 0.474. The number of aliphatic hydroxyl groups is 2. The van der Waals surface area contributed by atoms with Crippen LogP contribution in [-0.2, 0) is 20.2 Å². The maximum Gasteiger partial charge on any atom is 0.340 e. The molecule has 2 aromatic heterocycles. The van der Waals surface area contributed by atoms with Crippen molar-refractivity contribution in [3.8, 4) is 0 Å². The molecule has 14 nitrogen and oxygen atoms in total. The second kappa shape index (κ2) is 10.4. The Morgan fingerprint density at radius 1 is 1.17 bits per heavy atom. The molecule has 36 heavy (non-hydrogen) atoms. The molecule has 5 atom stereocenters. The highest BCUT2D eigenvalue weighted by atomic mass is 35.5. The van der Waals surface area contributed by atoms with Gasteiger partial charge in [0.1, 0.15) is 11.9 Å². The Hall–Kier alpha value is -1.99. The third kappa shape index (κ3) is 6.10. The van der Waals surface area contributed by atoms with Crippen LogP contribution in [0.25, 0.3) is 11.2 Å². The van der Waals surface area contributed by atoms with Crippen LogP contribution in [0.3, 0.4) is 0 Å². The first-order valence-corrected chi connectivity index (χ1v) is 14.7. The van der Waals surface area contributed by atoms with Crippen molar-refractivity contribution in [2.45, 2.75) is 38.1 Å². The standard InChI is InChI=1S/C19H25ClN6O8P2/c1-10-22-18(21-7-11-4-2-3-5-13(11)20)15-19(23-10)26(25-24-15)14-6-12(16(27)17(14)28)8-34-36(32,33)9-35(29,30)31/h2-5,12,14,16-17,27-28H,6-9H2,1H3,(H,32,33)(H,21,22,23)(H2,29,30,31)/t12-,14-,16-,17+/m1/s1. The van der Waals surface area contributed by atoms with Crippen LogP contribution < -0.4 is 5.32 Å². The van der Waals surface area contributed by atoms with Crippen molar-refractivity contribution in [1.29, 1.82) is 0 Å². The van der Waals surface area contributed by atoms with Crippen LogP contribution in [-0.4, -0.2) is 74.6 Å². The highest BCUT2D eigenvalue weighted by Gasteiger charge is 2.45.